The Morgan fingerprint density at radius 1 is 0.720 bits per heavy atom. The quantitative estimate of drug-likeness (QED) is 0.504. The second-order valence-electron chi connectivity index (χ2n) is 10.3. The van der Waals surface area contributed by atoms with E-state index in [1.807, 2.05) is 0 Å². The Balaban J connectivity index is 2.76. The van der Waals surface area contributed by atoms with Gasteiger partial charge in [-0.25, -0.2) is 0 Å². The largest absolute Gasteiger partial charge is 0.437 e. The lowest BCUT2D eigenvalue weighted by Gasteiger charge is -2.42. The molecule has 1 fully saturated rings. The lowest BCUT2D eigenvalue weighted by atomic mass is 9.86. The lowest BCUT2D eigenvalue weighted by molar-refractivity contribution is 0.107. The van der Waals surface area contributed by atoms with E-state index in [1.54, 1.807) is 0 Å². The first-order valence-corrected chi connectivity index (χ1v) is 22.0. The summed E-state index contributed by atoms with van der Waals surface area (Å²) in [5, 5.41) is 9.73. The molecule has 0 spiro atoms. The summed E-state index contributed by atoms with van der Waals surface area (Å²) in [6, 6.07) is 1.05. The normalized spacial score (nSPS) is 25.7. The predicted molar refractivity (Wildman–Crippen MR) is 116 cm³/mol. The van der Waals surface area contributed by atoms with Crippen LogP contribution in [-0.2, 0) is 12.3 Å². The van der Waals surface area contributed by atoms with Crippen LogP contribution in [0.3, 0.4) is 0 Å². The molecule has 4 nitrogen and oxygen atoms in total. The van der Waals surface area contributed by atoms with Crippen LogP contribution in [0.5, 0.6) is 0 Å². The number of hydrogen-bond acceptors (Lipinski definition) is 4. The van der Waals surface area contributed by atoms with Gasteiger partial charge in [0.25, 0.3) is 0 Å². The molecule has 0 aromatic heterocycles. The van der Waals surface area contributed by atoms with E-state index in [0.717, 1.165) is 38.1 Å². The summed E-state index contributed by atoms with van der Waals surface area (Å²) in [6.45, 7) is 20.1. The maximum absolute atomic E-state index is 9.73. The second-order valence-corrected chi connectivity index (χ2v) is 26.7. The monoisotopic (exact) mass is 422 g/mol. The van der Waals surface area contributed by atoms with Crippen molar-refractivity contribution in [2.75, 3.05) is 0 Å². The Kier molecular flexibility index (Phi) is 8.37. The summed E-state index contributed by atoms with van der Waals surface area (Å²) in [7, 11) is -7.75. The van der Waals surface area contributed by atoms with Gasteiger partial charge in [-0.3, -0.25) is 0 Å². The van der Waals surface area contributed by atoms with Gasteiger partial charge >= 0.3 is 17.1 Å². The summed E-state index contributed by atoms with van der Waals surface area (Å²) in [5.41, 5.74) is 0. The predicted octanol–water partition coefficient (Wildman–Crippen LogP) is 5.42. The van der Waals surface area contributed by atoms with E-state index < -0.39 is 33.8 Å². The third-order valence-corrected chi connectivity index (χ3v) is 17.8. The molecule has 1 aliphatic carbocycles. The molecule has 1 aliphatic rings. The fourth-order valence-corrected chi connectivity index (χ4v) is 22.0. The zero-order valence-corrected chi connectivity index (χ0v) is 22.1. The molecule has 0 aromatic carbocycles. The second kappa shape index (κ2) is 8.81. The molecule has 0 aliphatic heterocycles. The molecule has 1 saturated carbocycles. The van der Waals surface area contributed by atoms with Crippen molar-refractivity contribution in [2.45, 2.75) is 103 Å². The minimum Gasteiger partial charge on any atom is -0.437 e. The average Bonchev–Trinajstić information content (AvgIpc) is 2.31. The Morgan fingerprint density at radius 2 is 1.20 bits per heavy atom. The van der Waals surface area contributed by atoms with Gasteiger partial charge in [0.15, 0.2) is 16.6 Å². The highest BCUT2D eigenvalue weighted by Crippen LogP contribution is 2.33. The number of rotatable bonds is 9. The number of hydrogen-bond donors (Lipinski definition) is 1. The van der Waals surface area contributed by atoms with Gasteiger partial charge in [-0.05, 0) is 103 Å². The van der Waals surface area contributed by atoms with E-state index in [1.165, 1.54) is 0 Å². The van der Waals surface area contributed by atoms with Gasteiger partial charge in [0.1, 0.15) is 0 Å². The van der Waals surface area contributed by atoms with Gasteiger partial charge in [0, 0.05) is 0 Å². The van der Waals surface area contributed by atoms with Crippen molar-refractivity contribution < 1.29 is 17.5 Å². The van der Waals surface area contributed by atoms with Crippen LogP contribution < -0.4 is 0 Å². The maximum Gasteiger partial charge on any atom is 0.315 e. The minimum absolute atomic E-state index is 0.0779. The fourth-order valence-electron chi connectivity index (χ4n) is 3.95. The highest BCUT2D eigenvalue weighted by molar-refractivity contribution is 6.89. The molecule has 1 unspecified atom stereocenters. The van der Waals surface area contributed by atoms with E-state index in [0.29, 0.717) is 5.92 Å². The van der Waals surface area contributed by atoms with Crippen molar-refractivity contribution in [1.29, 1.82) is 0 Å². The molecule has 0 aromatic rings. The van der Waals surface area contributed by atoms with E-state index in [2.05, 4.69) is 58.9 Å². The summed E-state index contributed by atoms with van der Waals surface area (Å²) in [6.07, 6.45) is 5.29. The Morgan fingerprint density at radius 3 is 1.64 bits per heavy atom. The third kappa shape index (κ3) is 10.6. The molecule has 150 valence electrons. The van der Waals surface area contributed by atoms with Crippen LogP contribution in [-0.4, -0.2) is 45.0 Å². The van der Waals surface area contributed by atoms with Crippen LogP contribution in [0, 0.1) is 5.92 Å². The Hall–Kier alpha value is 0.708. The molecule has 1 rings (SSSR count). The van der Waals surface area contributed by atoms with E-state index in [-0.39, 0.29) is 6.10 Å². The first-order valence-electron chi connectivity index (χ1n) is 9.88. The van der Waals surface area contributed by atoms with Crippen LogP contribution in [0.25, 0.3) is 0 Å². The number of aliphatic hydroxyl groups excluding tert-OH is 1. The first kappa shape index (κ1) is 23.7. The SMILES string of the molecule is C[Si](C)(C)O[Si](C)(C)O[Si](C)(CCC1CCC(O)CC1)O[Si](C)(C)C. The molecule has 0 radical (unpaired) electrons. The molecule has 0 saturated heterocycles. The zero-order valence-electron chi connectivity index (χ0n) is 18.1. The minimum atomic E-state index is -2.26. The van der Waals surface area contributed by atoms with Gasteiger partial charge in [0.05, 0.1) is 6.10 Å². The lowest BCUT2D eigenvalue weighted by Crippen LogP contribution is -2.56. The average molecular weight is 423 g/mol. The van der Waals surface area contributed by atoms with Crippen LogP contribution in [0.15, 0.2) is 0 Å². The van der Waals surface area contributed by atoms with Crippen molar-refractivity contribution in [3.63, 3.8) is 0 Å². The summed E-state index contributed by atoms with van der Waals surface area (Å²) >= 11 is 0. The summed E-state index contributed by atoms with van der Waals surface area (Å²) in [5.74, 6) is 0.715. The molecule has 25 heavy (non-hydrogen) atoms. The maximum atomic E-state index is 9.73. The van der Waals surface area contributed by atoms with Crippen molar-refractivity contribution in [3.05, 3.63) is 0 Å². The highest BCUT2D eigenvalue weighted by Gasteiger charge is 2.44. The molecular formula is C17H42O4Si4. The standard InChI is InChI=1S/C17H42O4Si4/c1-22(2,3)19-24(7,8)21-25(9,20-23(4,5)6)15-14-16-10-12-17(18)13-11-16/h16-18H,10-15H2,1-9H3. The topological polar surface area (TPSA) is 47.9 Å². The Bertz CT molecular complexity index is 412. The van der Waals surface area contributed by atoms with Crippen molar-refractivity contribution in [2.24, 2.45) is 5.92 Å². The summed E-state index contributed by atoms with van der Waals surface area (Å²) in [4.78, 5) is 0. The zero-order chi connectivity index (χ0) is 19.5. The third-order valence-electron chi connectivity index (χ3n) is 4.36. The summed E-state index contributed by atoms with van der Waals surface area (Å²) < 4.78 is 19.8. The van der Waals surface area contributed by atoms with E-state index in [9.17, 15) is 5.11 Å². The molecule has 1 N–H and O–H groups in total. The highest BCUT2D eigenvalue weighted by atomic mass is 28.5. The van der Waals surface area contributed by atoms with E-state index >= 15 is 0 Å². The van der Waals surface area contributed by atoms with Crippen LogP contribution in [0.2, 0.25) is 65.0 Å². The van der Waals surface area contributed by atoms with E-state index in [4.69, 9.17) is 12.3 Å². The molecule has 0 bridgehead atoms. The molecule has 1 atom stereocenters. The smallest absolute Gasteiger partial charge is 0.315 e. The van der Waals surface area contributed by atoms with Gasteiger partial charge < -0.3 is 17.5 Å². The van der Waals surface area contributed by atoms with Gasteiger partial charge in [-0.15, -0.1) is 0 Å². The Labute approximate surface area is 160 Å². The number of aliphatic hydroxyl groups is 1. The van der Waals surface area contributed by atoms with Crippen LogP contribution >= 0.6 is 0 Å². The molecule has 0 heterocycles. The van der Waals surface area contributed by atoms with Gasteiger partial charge in [-0.2, -0.15) is 0 Å². The molecule has 0 amide bonds. The van der Waals surface area contributed by atoms with Crippen LogP contribution in [0.4, 0.5) is 0 Å². The molecule has 8 heteroatoms. The van der Waals surface area contributed by atoms with Crippen molar-refractivity contribution in [1.82, 2.24) is 0 Å². The van der Waals surface area contributed by atoms with Gasteiger partial charge in [-0.1, -0.05) is 0 Å². The first-order chi connectivity index (χ1) is 11.1. The fraction of sp³-hybridized carbons (Fsp3) is 1.00. The van der Waals surface area contributed by atoms with Crippen LogP contribution in [0.1, 0.15) is 32.1 Å². The molecular weight excluding hydrogens is 381 g/mol. The van der Waals surface area contributed by atoms with Crippen molar-refractivity contribution >= 4 is 33.8 Å². The van der Waals surface area contributed by atoms with Crippen molar-refractivity contribution in [3.8, 4) is 0 Å². The van der Waals surface area contributed by atoms with Gasteiger partial charge in [0.2, 0.25) is 0 Å².